The van der Waals surface area contributed by atoms with Crippen LogP contribution in [-0.2, 0) is 0 Å². The minimum absolute atomic E-state index is 0.276. The van der Waals surface area contributed by atoms with Crippen molar-refractivity contribution in [1.29, 1.82) is 0 Å². The van der Waals surface area contributed by atoms with Gasteiger partial charge in [0.15, 0.2) is 11.6 Å². The van der Waals surface area contributed by atoms with Crippen LogP contribution in [0.1, 0.15) is 38.8 Å². The summed E-state index contributed by atoms with van der Waals surface area (Å²) in [5.74, 6) is -0.0874. The van der Waals surface area contributed by atoms with E-state index in [1.54, 1.807) is 6.92 Å². The van der Waals surface area contributed by atoms with Crippen LogP contribution in [-0.4, -0.2) is 27.1 Å². The Hall–Kier alpha value is -1.23. The highest BCUT2D eigenvalue weighted by Gasteiger charge is 2.25. The summed E-state index contributed by atoms with van der Waals surface area (Å²) >= 11 is 0. The predicted molar refractivity (Wildman–Crippen MR) is 65.0 cm³/mol. The van der Waals surface area contributed by atoms with E-state index in [-0.39, 0.29) is 11.6 Å². The zero-order valence-electron chi connectivity index (χ0n) is 10.6. The number of halogens is 1. The van der Waals surface area contributed by atoms with Crippen molar-refractivity contribution in [3.8, 4) is 0 Å². The Kier molecular flexibility index (Phi) is 3.57. The Bertz CT molecular complexity index is 386. The molecule has 1 aromatic rings. The smallest absolute Gasteiger partial charge is 0.187 e. The average Bonchev–Trinajstić information content (AvgIpc) is 2.29. The van der Waals surface area contributed by atoms with Crippen LogP contribution >= 0.6 is 0 Å². The number of hydrazine groups is 1. The maximum absolute atomic E-state index is 13.8. The molecular weight excluding hydrogens is 219 g/mol. The summed E-state index contributed by atoms with van der Waals surface area (Å²) in [6.07, 6.45) is 4.87. The molecule has 2 rings (SSSR count). The van der Waals surface area contributed by atoms with Crippen LogP contribution in [0, 0.1) is 12.7 Å². The van der Waals surface area contributed by atoms with Crippen molar-refractivity contribution in [1.82, 2.24) is 15.0 Å². The lowest BCUT2D eigenvalue weighted by molar-refractivity contribution is 0.134. The van der Waals surface area contributed by atoms with Gasteiger partial charge in [0.2, 0.25) is 0 Å². The van der Waals surface area contributed by atoms with Crippen LogP contribution in [0.15, 0.2) is 6.33 Å². The summed E-state index contributed by atoms with van der Waals surface area (Å²) in [6, 6.07) is 0.793. The molecule has 4 nitrogen and oxygen atoms in total. The molecule has 17 heavy (non-hydrogen) atoms. The van der Waals surface area contributed by atoms with Crippen LogP contribution in [0.4, 0.5) is 10.2 Å². The normalized spacial score (nSPS) is 25.9. The molecule has 94 valence electrons. The van der Waals surface area contributed by atoms with Gasteiger partial charge in [-0.1, -0.05) is 6.42 Å². The number of piperidine rings is 1. The second-order valence-electron chi connectivity index (χ2n) is 4.77. The number of nitrogens with zero attached hydrogens (tertiary/aromatic N) is 3. The van der Waals surface area contributed by atoms with Crippen molar-refractivity contribution in [2.75, 3.05) is 5.43 Å². The summed E-state index contributed by atoms with van der Waals surface area (Å²) in [5, 5.41) is 2.09. The van der Waals surface area contributed by atoms with Crippen LogP contribution in [0.3, 0.4) is 0 Å². The van der Waals surface area contributed by atoms with Gasteiger partial charge in [-0.15, -0.1) is 0 Å². The van der Waals surface area contributed by atoms with Gasteiger partial charge in [0.05, 0.1) is 5.69 Å². The second kappa shape index (κ2) is 4.96. The Balaban J connectivity index is 2.16. The number of hydrogen-bond donors (Lipinski definition) is 1. The van der Waals surface area contributed by atoms with E-state index >= 15 is 0 Å². The predicted octanol–water partition coefficient (Wildman–Crippen LogP) is 2.51. The van der Waals surface area contributed by atoms with E-state index in [4.69, 9.17) is 0 Å². The molecule has 2 unspecified atom stereocenters. The van der Waals surface area contributed by atoms with E-state index in [0.29, 0.717) is 17.8 Å². The van der Waals surface area contributed by atoms with Gasteiger partial charge in [0.25, 0.3) is 0 Å². The summed E-state index contributed by atoms with van der Waals surface area (Å²) in [4.78, 5) is 7.79. The minimum atomic E-state index is -0.363. The standard InChI is InChI=1S/C12H19FN4/c1-8-5-4-6-9(2)17(8)16-12-11(13)10(3)14-7-15-12/h7-9H,4-6H2,1-3H3,(H,14,15,16). The first-order valence-electron chi connectivity index (χ1n) is 6.11. The first kappa shape index (κ1) is 12.2. The van der Waals surface area contributed by atoms with Gasteiger partial charge in [-0.25, -0.2) is 19.4 Å². The SMILES string of the molecule is Cc1ncnc(NN2C(C)CCCC2C)c1F. The first-order chi connectivity index (χ1) is 8.09. The quantitative estimate of drug-likeness (QED) is 0.859. The molecular formula is C12H19FN4. The van der Waals surface area contributed by atoms with Gasteiger partial charge in [-0.3, -0.25) is 0 Å². The molecule has 2 heterocycles. The highest BCUT2D eigenvalue weighted by molar-refractivity contribution is 5.36. The molecule has 1 N–H and O–H groups in total. The maximum Gasteiger partial charge on any atom is 0.187 e. The molecule has 5 heteroatoms. The van der Waals surface area contributed by atoms with Crippen molar-refractivity contribution in [3.05, 3.63) is 17.8 Å². The first-order valence-corrected chi connectivity index (χ1v) is 6.11. The van der Waals surface area contributed by atoms with E-state index in [2.05, 4.69) is 34.3 Å². The molecule has 1 aromatic heterocycles. The third-order valence-corrected chi connectivity index (χ3v) is 3.39. The molecule has 0 spiro atoms. The van der Waals surface area contributed by atoms with Crippen molar-refractivity contribution >= 4 is 5.82 Å². The van der Waals surface area contributed by atoms with E-state index < -0.39 is 0 Å². The third kappa shape index (κ3) is 2.54. The van der Waals surface area contributed by atoms with Crippen molar-refractivity contribution in [3.63, 3.8) is 0 Å². The van der Waals surface area contributed by atoms with Crippen LogP contribution in [0.25, 0.3) is 0 Å². The van der Waals surface area contributed by atoms with E-state index in [1.807, 2.05) is 0 Å². The number of nitrogens with one attached hydrogen (secondary N) is 1. The molecule has 0 saturated carbocycles. The molecule has 0 aromatic carbocycles. The fraction of sp³-hybridized carbons (Fsp3) is 0.667. The summed E-state index contributed by atoms with van der Waals surface area (Å²) in [7, 11) is 0. The van der Waals surface area contributed by atoms with E-state index in [1.165, 1.54) is 12.7 Å². The molecule has 0 radical (unpaired) electrons. The maximum atomic E-state index is 13.8. The number of aromatic nitrogens is 2. The van der Waals surface area contributed by atoms with E-state index in [0.717, 1.165) is 12.8 Å². The van der Waals surface area contributed by atoms with E-state index in [9.17, 15) is 4.39 Å². The van der Waals surface area contributed by atoms with Crippen molar-refractivity contribution < 1.29 is 4.39 Å². The van der Waals surface area contributed by atoms with Crippen LogP contribution < -0.4 is 5.43 Å². The summed E-state index contributed by atoms with van der Waals surface area (Å²) in [5.41, 5.74) is 3.47. The number of anilines is 1. The van der Waals surface area contributed by atoms with Gasteiger partial charge >= 0.3 is 0 Å². The lowest BCUT2D eigenvalue weighted by Gasteiger charge is -2.39. The number of hydrogen-bond acceptors (Lipinski definition) is 4. The monoisotopic (exact) mass is 238 g/mol. The van der Waals surface area contributed by atoms with Gasteiger partial charge in [-0.2, -0.15) is 0 Å². The number of rotatable bonds is 2. The molecule has 0 amide bonds. The Morgan fingerprint density at radius 1 is 1.29 bits per heavy atom. The molecule has 1 saturated heterocycles. The summed E-state index contributed by atoms with van der Waals surface area (Å²) < 4.78 is 13.8. The minimum Gasteiger partial charge on any atom is -0.300 e. The molecule has 1 aliphatic rings. The van der Waals surface area contributed by atoms with Gasteiger partial charge in [0.1, 0.15) is 6.33 Å². The lowest BCUT2D eigenvalue weighted by atomic mass is 10.00. The lowest BCUT2D eigenvalue weighted by Crippen LogP contribution is -2.47. The van der Waals surface area contributed by atoms with Gasteiger partial charge < -0.3 is 5.43 Å². The van der Waals surface area contributed by atoms with Crippen LogP contribution in [0.2, 0.25) is 0 Å². The fourth-order valence-corrected chi connectivity index (χ4v) is 2.30. The number of aryl methyl sites for hydroxylation is 1. The zero-order chi connectivity index (χ0) is 12.4. The van der Waals surface area contributed by atoms with Gasteiger partial charge in [-0.05, 0) is 33.6 Å². The second-order valence-corrected chi connectivity index (χ2v) is 4.77. The molecule has 1 aliphatic heterocycles. The fourth-order valence-electron chi connectivity index (χ4n) is 2.30. The average molecular weight is 238 g/mol. The Morgan fingerprint density at radius 3 is 2.59 bits per heavy atom. The van der Waals surface area contributed by atoms with Crippen molar-refractivity contribution in [2.45, 2.75) is 52.1 Å². The Labute approximate surface area is 101 Å². The Morgan fingerprint density at radius 2 is 1.94 bits per heavy atom. The third-order valence-electron chi connectivity index (χ3n) is 3.39. The molecule has 0 aliphatic carbocycles. The molecule has 1 fully saturated rings. The largest absolute Gasteiger partial charge is 0.300 e. The van der Waals surface area contributed by atoms with Gasteiger partial charge in [0, 0.05) is 12.1 Å². The highest BCUT2D eigenvalue weighted by Crippen LogP contribution is 2.23. The van der Waals surface area contributed by atoms with Crippen molar-refractivity contribution in [2.24, 2.45) is 0 Å². The highest BCUT2D eigenvalue weighted by atomic mass is 19.1. The molecule has 0 bridgehead atoms. The molecule has 2 atom stereocenters. The van der Waals surface area contributed by atoms with Crippen LogP contribution in [0.5, 0.6) is 0 Å². The zero-order valence-corrected chi connectivity index (χ0v) is 10.6. The summed E-state index contributed by atoms with van der Waals surface area (Å²) in [6.45, 7) is 5.94. The topological polar surface area (TPSA) is 41.1 Å².